The minimum Gasteiger partial charge on any atom is -0.385 e. The molecule has 1 aromatic carbocycles. The molecule has 0 aromatic heterocycles. The molecule has 3 aliphatic rings. The van der Waals surface area contributed by atoms with Crippen molar-refractivity contribution < 1.29 is 0 Å². The first-order valence-corrected chi connectivity index (χ1v) is 11.7. The van der Waals surface area contributed by atoms with E-state index >= 15 is 0 Å². The van der Waals surface area contributed by atoms with Gasteiger partial charge in [-0.2, -0.15) is 0 Å². The third kappa shape index (κ3) is 5.34. The van der Waals surface area contributed by atoms with Crippen LogP contribution in [0.15, 0.2) is 34.5 Å². The molecule has 0 bridgehead atoms. The Balaban J connectivity index is 1.40. The van der Waals surface area contributed by atoms with Gasteiger partial charge in [0.05, 0.1) is 6.42 Å². The SMILES string of the molecule is CC(C)CN1CCN(C2CCN(C3=NN=C(N)C3)CC2)C(Cc2ccc(Cl)cc2)C1. The smallest absolute Gasteiger partial charge is 0.135 e. The fourth-order valence-corrected chi connectivity index (χ4v) is 5.28. The van der Waals surface area contributed by atoms with E-state index in [-0.39, 0.29) is 0 Å². The number of benzene rings is 1. The van der Waals surface area contributed by atoms with Gasteiger partial charge >= 0.3 is 0 Å². The van der Waals surface area contributed by atoms with Crippen molar-refractivity contribution in [2.75, 3.05) is 39.3 Å². The highest BCUT2D eigenvalue weighted by Crippen LogP contribution is 2.25. The average Bonchev–Trinajstić information content (AvgIpc) is 3.16. The molecule has 7 heteroatoms. The molecule has 3 aliphatic heterocycles. The number of likely N-dealkylation sites (tertiary alicyclic amines) is 1. The molecule has 2 N–H and O–H groups in total. The summed E-state index contributed by atoms with van der Waals surface area (Å²) in [6, 6.07) is 9.60. The molecule has 0 aliphatic carbocycles. The molecule has 0 saturated carbocycles. The normalized spacial score (nSPS) is 24.4. The number of hydrogen-bond acceptors (Lipinski definition) is 6. The molecular formula is C23H35ClN6. The van der Waals surface area contributed by atoms with Crippen molar-refractivity contribution in [2.24, 2.45) is 21.9 Å². The van der Waals surface area contributed by atoms with Crippen LogP contribution < -0.4 is 5.73 Å². The number of piperidine rings is 1. The highest BCUT2D eigenvalue weighted by molar-refractivity contribution is 6.30. The summed E-state index contributed by atoms with van der Waals surface area (Å²) in [5.74, 6) is 2.39. The zero-order chi connectivity index (χ0) is 21.1. The highest BCUT2D eigenvalue weighted by Gasteiger charge is 2.34. The summed E-state index contributed by atoms with van der Waals surface area (Å²) in [5, 5.41) is 9.09. The Labute approximate surface area is 185 Å². The van der Waals surface area contributed by atoms with Crippen LogP contribution in [-0.4, -0.2) is 77.7 Å². The molecule has 0 spiro atoms. The highest BCUT2D eigenvalue weighted by atomic mass is 35.5. The fourth-order valence-electron chi connectivity index (χ4n) is 5.16. The van der Waals surface area contributed by atoms with E-state index in [0.29, 0.717) is 30.3 Å². The minimum absolute atomic E-state index is 0.554. The van der Waals surface area contributed by atoms with Crippen LogP contribution in [0.5, 0.6) is 0 Å². The van der Waals surface area contributed by atoms with Crippen molar-refractivity contribution in [2.45, 2.75) is 51.6 Å². The summed E-state index contributed by atoms with van der Waals surface area (Å²) in [5.41, 5.74) is 7.19. The predicted octanol–water partition coefficient (Wildman–Crippen LogP) is 3.06. The standard InChI is InChI=1S/C23H35ClN6/c1-17(2)15-28-11-12-30(21(16-28)13-18-3-5-19(24)6-4-18)20-7-9-29(10-8-20)23-14-22(25)26-27-23/h3-6,17,20-21H,7-16H2,1-2H3,(H2,25,26). The maximum Gasteiger partial charge on any atom is 0.135 e. The number of rotatable bonds is 5. The van der Waals surface area contributed by atoms with Gasteiger partial charge in [-0.05, 0) is 42.9 Å². The average molecular weight is 431 g/mol. The maximum absolute atomic E-state index is 6.11. The Hall–Kier alpha value is -1.63. The van der Waals surface area contributed by atoms with Gasteiger partial charge in [0.15, 0.2) is 0 Å². The zero-order valence-electron chi connectivity index (χ0n) is 18.3. The van der Waals surface area contributed by atoms with Crippen LogP contribution in [0.4, 0.5) is 0 Å². The number of hydrogen-bond donors (Lipinski definition) is 1. The number of halogens is 1. The first kappa shape index (κ1) is 21.6. The van der Waals surface area contributed by atoms with Gasteiger partial charge < -0.3 is 15.5 Å². The Morgan fingerprint density at radius 2 is 1.80 bits per heavy atom. The van der Waals surface area contributed by atoms with E-state index in [9.17, 15) is 0 Å². The maximum atomic E-state index is 6.11. The molecule has 6 nitrogen and oxygen atoms in total. The monoisotopic (exact) mass is 430 g/mol. The van der Waals surface area contributed by atoms with Crippen molar-refractivity contribution in [1.29, 1.82) is 0 Å². The van der Waals surface area contributed by atoms with E-state index < -0.39 is 0 Å². The molecule has 4 rings (SSSR count). The van der Waals surface area contributed by atoms with Gasteiger partial charge in [-0.25, -0.2) is 0 Å². The van der Waals surface area contributed by atoms with E-state index in [4.69, 9.17) is 17.3 Å². The van der Waals surface area contributed by atoms with Gasteiger partial charge in [0.25, 0.3) is 0 Å². The minimum atomic E-state index is 0.554. The molecule has 0 radical (unpaired) electrons. The second-order valence-corrected chi connectivity index (χ2v) is 9.81. The van der Waals surface area contributed by atoms with Crippen LogP contribution in [0, 0.1) is 5.92 Å². The largest absolute Gasteiger partial charge is 0.385 e. The van der Waals surface area contributed by atoms with E-state index in [1.54, 1.807) is 0 Å². The van der Waals surface area contributed by atoms with Crippen LogP contribution in [0.25, 0.3) is 0 Å². The molecule has 2 fully saturated rings. The Morgan fingerprint density at radius 1 is 1.07 bits per heavy atom. The summed E-state index contributed by atoms with van der Waals surface area (Å²) in [6.07, 6.45) is 4.15. The summed E-state index contributed by atoms with van der Waals surface area (Å²) in [7, 11) is 0. The Kier molecular flexibility index (Phi) is 6.96. The van der Waals surface area contributed by atoms with E-state index in [1.165, 1.54) is 31.5 Å². The molecule has 2 saturated heterocycles. The van der Waals surface area contributed by atoms with Gasteiger partial charge in [0.1, 0.15) is 11.7 Å². The summed E-state index contributed by atoms with van der Waals surface area (Å²) < 4.78 is 0. The Morgan fingerprint density at radius 3 is 2.43 bits per heavy atom. The fraction of sp³-hybridized carbons (Fsp3) is 0.652. The van der Waals surface area contributed by atoms with Gasteiger partial charge in [-0.1, -0.05) is 37.6 Å². The lowest BCUT2D eigenvalue weighted by molar-refractivity contribution is 0.0184. The van der Waals surface area contributed by atoms with Crippen LogP contribution in [-0.2, 0) is 6.42 Å². The third-order valence-electron chi connectivity index (χ3n) is 6.55. The van der Waals surface area contributed by atoms with Crippen molar-refractivity contribution in [3.8, 4) is 0 Å². The second-order valence-electron chi connectivity index (χ2n) is 9.38. The van der Waals surface area contributed by atoms with E-state index in [0.717, 1.165) is 43.5 Å². The van der Waals surface area contributed by atoms with Crippen LogP contribution in [0.1, 0.15) is 38.7 Å². The number of piperazine rings is 1. The lowest BCUT2D eigenvalue weighted by atomic mass is 9.95. The lowest BCUT2D eigenvalue weighted by Gasteiger charge is -2.48. The third-order valence-corrected chi connectivity index (χ3v) is 6.80. The molecule has 1 aromatic rings. The van der Waals surface area contributed by atoms with Gasteiger partial charge in [-0.3, -0.25) is 4.90 Å². The molecule has 164 valence electrons. The van der Waals surface area contributed by atoms with E-state index in [2.05, 4.69) is 50.9 Å². The van der Waals surface area contributed by atoms with E-state index in [1.807, 2.05) is 12.1 Å². The van der Waals surface area contributed by atoms with Crippen molar-refractivity contribution in [3.05, 3.63) is 34.9 Å². The summed E-state index contributed by atoms with van der Waals surface area (Å²) in [4.78, 5) is 7.83. The van der Waals surface area contributed by atoms with Gasteiger partial charge in [0, 0.05) is 56.4 Å². The number of nitrogens with zero attached hydrogens (tertiary/aromatic N) is 5. The zero-order valence-corrected chi connectivity index (χ0v) is 19.1. The molecule has 1 unspecified atom stereocenters. The van der Waals surface area contributed by atoms with Crippen LogP contribution in [0.3, 0.4) is 0 Å². The first-order valence-electron chi connectivity index (χ1n) is 11.3. The van der Waals surface area contributed by atoms with Crippen molar-refractivity contribution in [3.63, 3.8) is 0 Å². The van der Waals surface area contributed by atoms with Crippen molar-refractivity contribution >= 4 is 23.3 Å². The predicted molar refractivity (Wildman–Crippen MR) is 125 cm³/mol. The van der Waals surface area contributed by atoms with Crippen LogP contribution in [0.2, 0.25) is 5.02 Å². The van der Waals surface area contributed by atoms with Crippen LogP contribution >= 0.6 is 11.6 Å². The molecule has 1 atom stereocenters. The summed E-state index contributed by atoms with van der Waals surface area (Å²) in [6.45, 7) is 11.4. The first-order chi connectivity index (χ1) is 14.5. The molecule has 3 heterocycles. The lowest BCUT2D eigenvalue weighted by Crippen LogP contribution is -2.59. The molecule has 0 amide bonds. The Bertz CT molecular complexity index is 766. The molecular weight excluding hydrogens is 396 g/mol. The second kappa shape index (κ2) is 9.67. The molecule has 30 heavy (non-hydrogen) atoms. The van der Waals surface area contributed by atoms with Gasteiger partial charge in [-0.15, -0.1) is 10.2 Å². The topological polar surface area (TPSA) is 60.5 Å². The summed E-state index contributed by atoms with van der Waals surface area (Å²) >= 11 is 6.11. The quantitative estimate of drug-likeness (QED) is 0.779. The number of amidine groups is 2. The van der Waals surface area contributed by atoms with Crippen molar-refractivity contribution in [1.82, 2.24) is 14.7 Å². The number of nitrogens with two attached hydrogens (primary N) is 1. The van der Waals surface area contributed by atoms with Gasteiger partial charge in [0.2, 0.25) is 0 Å².